The third-order valence-corrected chi connectivity index (χ3v) is 1.17. The molecular weight excluding hydrogens is 132 g/mol. The first kappa shape index (κ1) is 6.86. The molecule has 0 bridgehead atoms. The molecule has 1 rings (SSSR count). The summed E-state index contributed by atoms with van der Waals surface area (Å²) in [6.45, 7) is 6.97. The van der Waals surface area contributed by atoms with E-state index in [0.717, 1.165) is 0 Å². The van der Waals surface area contributed by atoms with E-state index in [9.17, 15) is 4.79 Å². The molecule has 0 radical (unpaired) electrons. The van der Waals surface area contributed by atoms with E-state index in [1.54, 1.807) is 6.08 Å². The van der Waals surface area contributed by atoms with E-state index < -0.39 is 6.16 Å². The van der Waals surface area contributed by atoms with Crippen LogP contribution in [0.2, 0.25) is 0 Å². The van der Waals surface area contributed by atoms with Gasteiger partial charge in [0.1, 0.15) is 11.9 Å². The maximum Gasteiger partial charge on any atom is 0.514 e. The molecule has 1 saturated heterocycles. The molecule has 0 saturated carbocycles. The zero-order valence-corrected chi connectivity index (χ0v) is 5.50. The lowest BCUT2D eigenvalue weighted by Gasteiger charge is -2.20. The summed E-state index contributed by atoms with van der Waals surface area (Å²) in [5.74, 6) is 0.432. The van der Waals surface area contributed by atoms with Crippen LogP contribution >= 0.6 is 0 Å². The zero-order chi connectivity index (χ0) is 7.56. The fraction of sp³-hybridized carbons (Fsp3) is 0.286. The van der Waals surface area contributed by atoms with Crippen LogP contribution in [0.4, 0.5) is 4.79 Å². The second-order valence-electron chi connectivity index (χ2n) is 1.99. The quantitative estimate of drug-likeness (QED) is 0.410. The minimum atomic E-state index is -0.693. The highest BCUT2D eigenvalue weighted by Crippen LogP contribution is 2.16. The van der Waals surface area contributed by atoms with Crippen molar-refractivity contribution >= 4 is 6.16 Å². The SMILES string of the molecule is C=CC1CC(=C)OC(=O)O1. The number of carbonyl (C=O) groups is 1. The molecule has 1 aliphatic rings. The van der Waals surface area contributed by atoms with Crippen LogP contribution in [0.3, 0.4) is 0 Å². The van der Waals surface area contributed by atoms with Crippen LogP contribution < -0.4 is 0 Å². The average Bonchev–Trinajstić information content (AvgIpc) is 1.85. The fourth-order valence-electron chi connectivity index (χ4n) is 0.705. The van der Waals surface area contributed by atoms with Gasteiger partial charge in [-0.2, -0.15) is 0 Å². The Morgan fingerprint density at radius 3 is 2.90 bits per heavy atom. The van der Waals surface area contributed by atoms with Crippen molar-refractivity contribution in [1.82, 2.24) is 0 Å². The summed E-state index contributed by atoms with van der Waals surface area (Å²) in [4.78, 5) is 10.5. The summed E-state index contributed by atoms with van der Waals surface area (Å²) < 4.78 is 9.18. The lowest BCUT2D eigenvalue weighted by Crippen LogP contribution is -2.23. The summed E-state index contributed by atoms with van der Waals surface area (Å²) in [6.07, 6.45) is 1.09. The van der Waals surface area contributed by atoms with Crippen LogP contribution in [-0.2, 0) is 9.47 Å². The monoisotopic (exact) mass is 140 g/mol. The van der Waals surface area contributed by atoms with Gasteiger partial charge in [0.15, 0.2) is 0 Å². The molecule has 0 N–H and O–H groups in total. The average molecular weight is 140 g/mol. The van der Waals surface area contributed by atoms with Crippen molar-refractivity contribution in [3.05, 3.63) is 25.0 Å². The van der Waals surface area contributed by atoms with Crippen molar-refractivity contribution in [3.63, 3.8) is 0 Å². The zero-order valence-electron chi connectivity index (χ0n) is 5.50. The molecular formula is C7H8O3. The van der Waals surface area contributed by atoms with Gasteiger partial charge in [0.05, 0.1) is 0 Å². The lowest BCUT2D eigenvalue weighted by atomic mass is 10.2. The Kier molecular flexibility index (Phi) is 1.76. The van der Waals surface area contributed by atoms with Crippen molar-refractivity contribution in [3.8, 4) is 0 Å². The van der Waals surface area contributed by atoms with Gasteiger partial charge in [0, 0.05) is 6.42 Å². The summed E-state index contributed by atoms with van der Waals surface area (Å²) in [6, 6.07) is 0. The van der Waals surface area contributed by atoms with Crippen LogP contribution in [0.25, 0.3) is 0 Å². The maximum atomic E-state index is 10.5. The number of carbonyl (C=O) groups excluding carboxylic acids is 1. The van der Waals surface area contributed by atoms with Gasteiger partial charge >= 0.3 is 6.16 Å². The van der Waals surface area contributed by atoms with Gasteiger partial charge in [0.2, 0.25) is 0 Å². The molecule has 0 aromatic carbocycles. The van der Waals surface area contributed by atoms with E-state index in [1.807, 2.05) is 0 Å². The Labute approximate surface area is 58.9 Å². The van der Waals surface area contributed by atoms with Gasteiger partial charge in [-0.25, -0.2) is 4.79 Å². The summed E-state index contributed by atoms with van der Waals surface area (Å²) in [5, 5.41) is 0. The highest BCUT2D eigenvalue weighted by molar-refractivity contribution is 5.62. The molecule has 1 heterocycles. The van der Waals surface area contributed by atoms with Gasteiger partial charge < -0.3 is 9.47 Å². The second kappa shape index (κ2) is 2.56. The highest BCUT2D eigenvalue weighted by Gasteiger charge is 2.21. The first-order valence-electron chi connectivity index (χ1n) is 2.91. The van der Waals surface area contributed by atoms with E-state index in [0.29, 0.717) is 12.2 Å². The third-order valence-electron chi connectivity index (χ3n) is 1.17. The number of rotatable bonds is 1. The molecule has 10 heavy (non-hydrogen) atoms. The molecule has 3 heteroatoms. The Morgan fingerprint density at radius 1 is 1.70 bits per heavy atom. The minimum Gasteiger partial charge on any atom is -0.426 e. The van der Waals surface area contributed by atoms with Gasteiger partial charge in [-0.1, -0.05) is 19.2 Å². The molecule has 1 fully saturated rings. The van der Waals surface area contributed by atoms with Crippen LogP contribution in [0, 0.1) is 0 Å². The van der Waals surface area contributed by atoms with Crippen molar-refractivity contribution in [2.45, 2.75) is 12.5 Å². The van der Waals surface area contributed by atoms with Crippen LogP contribution in [0.5, 0.6) is 0 Å². The van der Waals surface area contributed by atoms with E-state index >= 15 is 0 Å². The molecule has 1 aliphatic heterocycles. The van der Waals surface area contributed by atoms with E-state index in [2.05, 4.69) is 22.6 Å². The number of hydrogen-bond donors (Lipinski definition) is 0. The first-order chi connectivity index (χ1) is 4.72. The topological polar surface area (TPSA) is 35.5 Å². The minimum absolute atomic E-state index is 0.270. The molecule has 54 valence electrons. The van der Waals surface area contributed by atoms with Gasteiger partial charge in [-0.3, -0.25) is 0 Å². The molecule has 0 aromatic rings. The highest BCUT2D eigenvalue weighted by atomic mass is 16.7. The molecule has 1 unspecified atom stereocenters. The summed E-state index contributed by atoms with van der Waals surface area (Å²) in [5.41, 5.74) is 0. The Balaban J connectivity index is 2.58. The van der Waals surface area contributed by atoms with Gasteiger partial charge in [0.25, 0.3) is 0 Å². The predicted octanol–water partition coefficient (Wildman–Crippen LogP) is 1.61. The number of hydrogen-bond acceptors (Lipinski definition) is 3. The fourth-order valence-corrected chi connectivity index (χ4v) is 0.705. The second-order valence-corrected chi connectivity index (χ2v) is 1.99. The van der Waals surface area contributed by atoms with E-state index in [1.165, 1.54) is 0 Å². The standard InChI is InChI=1S/C7H8O3/c1-3-6-4-5(2)9-7(8)10-6/h3,6H,1-2,4H2. The first-order valence-corrected chi connectivity index (χ1v) is 2.91. The number of ether oxygens (including phenoxy) is 2. The van der Waals surface area contributed by atoms with Crippen LogP contribution in [0.1, 0.15) is 6.42 Å². The predicted molar refractivity (Wildman–Crippen MR) is 35.3 cm³/mol. The smallest absolute Gasteiger partial charge is 0.426 e. The normalized spacial score (nSPS) is 25.0. The molecule has 0 amide bonds. The van der Waals surface area contributed by atoms with Crippen LogP contribution in [-0.4, -0.2) is 12.3 Å². The van der Waals surface area contributed by atoms with Gasteiger partial charge in [-0.15, -0.1) is 0 Å². The molecule has 1 atom stereocenters. The maximum absolute atomic E-state index is 10.5. The summed E-state index contributed by atoms with van der Waals surface area (Å²) in [7, 11) is 0. The Bertz CT molecular complexity index is 167. The van der Waals surface area contributed by atoms with E-state index in [4.69, 9.17) is 0 Å². The lowest BCUT2D eigenvalue weighted by molar-refractivity contribution is 0.0239. The molecule has 0 spiro atoms. The number of cyclic esters (lactones) is 2. The van der Waals surface area contributed by atoms with Crippen molar-refractivity contribution < 1.29 is 14.3 Å². The Morgan fingerprint density at radius 2 is 2.40 bits per heavy atom. The van der Waals surface area contributed by atoms with Crippen molar-refractivity contribution in [2.75, 3.05) is 0 Å². The van der Waals surface area contributed by atoms with Crippen LogP contribution in [0.15, 0.2) is 25.0 Å². The summed E-state index contributed by atoms with van der Waals surface area (Å²) >= 11 is 0. The van der Waals surface area contributed by atoms with Crippen molar-refractivity contribution in [1.29, 1.82) is 0 Å². The molecule has 0 aliphatic carbocycles. The van der Waals surface area contributed by atoms with Gasteiger partial charge in [-0.05, 0) is 0 Å². The Hall–Kier alpha value is -1.25. The molecule has 0 aromatic heterocycles. The third kappa shape index (κ3) is 1.37. The molecule has 3 nitrogen and oxygen atoms in total. The largest absolute Gasteiger partial charge is 0.514 e. The van der Waals surface area contributed by atoms with E-state index in [-0.39, 0.29) is 6.10 Å². The van der Waals surface area contributed by atoms with Crippen molar-refractivity contribution in [2.24, 2.45) is 0 Å².